The van der Waals surface area contributed by atoms with Crippen LogP contribution in [0.1, 0.15) is 23.2 Å². The van der Waals surface area contributed by atoms with Gasteiger partial charge in [-0.05, 0) is 24.3 Å². The second-order valence-electron chi connectivity index (χ2n) is 7.28. The summed E-state index contributed by atoms with van der Waals surface area (Å²) in [6.07, 6.45) is 1.50. The zero-order chi connectivity index (χ0) is 21.8. The predicted molar refractivity (Wildman–Crippen MR) is 111 cm³/mol. The number of nitrogens with zero attached hydrogens (tertiary/aromatic N) is 4. The number of carbonyl (C=O) groups excluding carboxylic acids is 2. The van der Waals surface area contributed by atoms with Crippen molar-refractivity contribution in [3.63, 3.8) is 0 Å². The lowest BCUT2D eigenvalue weighted by atomic mass is 10.1. The van der Waals surface area contributed by atoms with E-state index < -0.39 is 4.92 Å². The summed E-state index contributed by atoms with van der Waals surface area (Å²) >= 11 is 0. The van der Waals surface area contributed by atoms with Crippen LogP contribution in [0, 0.1) is 10.1 Å². The van der Waals surface area contributed by atoms with E-state index in [4.69, 9.17) is 9.47 Å². The minimum atomic E-state index is -0.486. The number of nitro groups is 1. The van der Waals surface area contributed by atoms with Crippen molar-refractivity contribution in [2.45, 2.75) is 12.8 Å². The van der Waals surface area contributed by atoms with Crippen molar-refractivity contribution < 1.29 is 24.0 Å². The number of ether oxygens (including phenoxy) is 2. The number of hydrogen-bond acceptors (Lipinski definition) is 8. The molecule has 1 aromatic heterocycles. The van der Waals surface area contributed by atoms with Gasteiger partial charge >= 0.3 is 0 Å². The van der Waals surface area contributed by atoms with E-state index in [1.807, 2.05) is 4.90 Å². The first kappa shape index (κ1) is 20.6. The molecule has 10 heteroatoms. The van der Waals surface area contributed by atoms with Crippen molar-refractivity contribution in [3.8, 4) is 11.5 Å². The number of rotatable bonds is 6. The molecule has 0 unspecified atom stereocenters. The quantitative estimate of drug-likeness (QED) is 0.392. The summed E-state index contributed by atoms with van der Waals surface area (Å²) in [7, 11) is 0. The van der Waals surface area contributed by atoms with Gasteiger partial charge in [0.2, 0.25) is 5.91 Å². The highest BCUT2D eigenvalue weighted by molar-refractivity contribution is 5.98. The molecule has 1 amide bonds. The van der Waals surface area contributed by atoms with Gasteiger partial charge in [-0.15, -0.1) is 0 Å². The van der Waals surface area contributed by atoms with Crippen LogP contribution < -0.4 is 14.4 Å². The first-order valence-electron chi connectivity index (χ1n) is 10.1. The Morgan fingerprint density at radius 2 is 1.74 bits per heavy atom. The van der Waals surface area contributed by atoms with E-state index in [-0.39, 0.29) is 30.2 Å². The average molecular weight is 426 g/mol. The molecule has 2 aliphatic heterocycles. The molecule has 162 valence electrons. The van der Waals surface area contributed by atoms with Gasteiger partial charge in [0.25, 0.3) is 5.69 Å². The number of hydrogen-bond donors (Lipinski definition) is 0. The standard InChI is InChI=1S/C21H22N4O6/c26-17(15-1-4-18-19(13-15)31-12-11-30-18)3-6-21(27)24-9-7-23(8-10-24)20-5-2-16(14-22-20)25(28)29/h1-2,4-5,13-14H,3,6-12H2. The second-order valence-corrected chi connectivity index (χ2v) is 7.28. The van der Waals surface area contributed by atoms with E-state index in [2.05, 4.69) is 4.98 Å². The molecule has 1 saturated heterocycles. The Hall–Kier alpha value is -3.69. The van der Waals surface area contributed by atoms with Gasteiger partial charge in [-0.2, -0.15) is 0 Å². The van der Waals surface area contributed by atoms with Crippen molar-refractivity contribution >= 4 is 23.2 Å². The van der Waals surface area contributed by atoms with Gasteiger partial charge in [0.05, 0.1) is 4.92 Å². The van der Waals surface area contributed by atoms with Gasteiger partial charge in [-0.25, -0.2) is 4.98 Å². The molecular weight excluding hydrogens is 404 g/mol. The molecule has 2 aromatic rings. The van der Waals surface area contributed by atoms with E-state index in [1.54, 1.807) is 29.2 Å². The van der Waals surface area contributed by atoms with Crippen LogP contribution in [0.4, 0.5) is 11.5 Å². The normalized spacial score (nSPS) is 15.5. The van der Waals surface area contributed by atoms with Crippen molar-refractivity contribution in [1.29, 1.82) is 0 Å². The summed E-state index contributed by atoms with van der Waals surface area (Å²) < 4.78 is 11.0. The average Bonchev–Trinajstić information content (AvgIpc) is 2.82. The molecule has 0 saturated carbocycles. The molecule has 0 radical (unpaired) electrons. The first-order valence-corrected chi connectivity index (χ1v) is 10.1. The van der Waals surface area contributed by atoms with Crippen LogP contribution in [0.5, 0.6) is 11.5 Å². The summed E-state index contributed by atoms with van der Waals surface area (Å²) in [4.78, 5) is 43.2. The maximum atomic E-state index is 12.5. The number of amides is 1. The van der Waals surface area contributed by atoms with Gasteiger partial charge in [0.1, 0.15) is 25.2 Å². The number of ketones is 1. The summed E-state index contributed by atoms with van der Waals surface area (Å²) in [6.45, 7) is 3.11. The molecule has 10 nitrogen and oxygen atoms in total. The van der Waals surface area contributed by atoms with E-state index in [9.17, 15) is 19.7 Å². The minimum Gasteiger partial charge on any atom is -0.486 e. The largest absolute Gasteiger partial charge is 0.486 e. The Morgan fingerprint density at radius 3 is 2.42 bits per heavy atom. The summed E-state index contributed by atoms with van der Waals surface area (Å²) in [6, 6.07) is 8.10. The highest BCUT2D eigenvalue weighted by atomic mass is 16.6. The fourth-order valence-corrected chi connectivity index (χ4v) is 3.60. The fraction of sp³-hybridized carbons (Fsp3) is 0.381. The van der Waals surface area contributed by atoms with Crippen LogP contribution in [0.25, 0.3) is 0 Å². The third-order valence-electron chi connectivity index (χ3n) is 5.33. The Balaban J connectivity index is 1.26. The summed E-state index contributed by atoms with van der Waals surface area (Å²) in [5.41, 5.74) is 0.450. The highest BCUT2D eigenvalue weighted by Crippen LogP contribution is 2.31. The number of fused-ring (bicyclic) bond motifs is 1. The number of piperazine rings is 1. The molecule has 0 N–H and O–H groups in total. The van der Waals surface area contributed by atoms with E-state index in [1.165, 1.54) is 12.3 Å². The van der Waals surface area contributed by atoms with Crippen molar-refractivity contribution in [2.75, 3.05) is 44.3 Å². The van der Waals surface area contributed by atoms with Crippen LogP contribution in [0.15, 0.2) is 36.5 Å². The predicted octanol–water partition coefficient (Wildman–Crippen LogP) is 2.07. The highest BCUT2D eigenvalue weighted by Gasteiger charge is 2.23. The van der Waals surface area contributed by atoms with Crippen molar-refractivity contribution in [3.05, 3.63) is 52.2 Å². The number of Topliss-reactive ketones (excluding diaryl/α,β-unsaturated/α-hetero) is 1. The van der Waals surface area contributed by atoms with Crippen LogP contribution in [-0.2, 0) is 4.79 Å². The Morgan fingerprint density at radius 1 is 1.00 bits per heavy atom. The first-order chi connectivity index (χ1) is 15.0. The lowest BCUT2D eigenvalue weighted by molar-refractivity contribution is -0.385. The molecule has 2 aliphatic rings. The molecule has 4 rings (SSSR count). The van der Waals surface area contributed by atoms with Crippen LogP contribution in [-0.4, -0.2) is 65.9 Å². The lowest BCUT2D eigenvalue weighted by Gasteiger charge is -2.35. The number of anilines is 1. The maximum Gasteiger partial charge on any atom is 0.287 e. The minimum absolute atomic E-state index is 0.0553. The van der Waals surface area contributed by atoms with E-state index in [0.717, 1.165) is 0 Å². The van der Waals surface area contributed by atoms with Crippen LogP contribution in [0.3, 0.4) is 0 Å². The molecule has 1 aromatic carbocycles. The molecule has 0 bridgehead atoms. The Labute approximate surface area is 178 Å². The molecule has 3 heterocycles. The van der Waals surface area contributed by atoms with Gasteiger partial charge in [0.15, 0.2) is 17.3 Å². The molecule has 1 fully saturated rings. The number of benzene rings is 1. The Bertz CT molecular complexity index is 986. The maximum absolute atomic E-state index is 12.5. The smallest absolute Gasteiger partial charge is 0.287 e. The van der Waals surface area contributed by atoms with E-state index >= 15 is 0 Å². The van der Waals surface area contributed by atoms with Gasteiger partial charge < -0.3 is 19.3 Å². The molecule has 0 aliphatic carbocycles. The van der Waals surface area contributed by atoms with E-state index in [0.29, 0.717) is 62.3 Å². The van der Waals surface area contributed by atoms with Gasteiger partial charge in [-0.1, -0.05) is 0 Å². The molecule has 0 atom stereocenters. The monoisotopic (exact) mass is 426 g/mol. The fourth-order valence-electron chi connectivity index (χ4n) is 3.60. The second kappa shape index (κ2) is 8.99. The number of carbonyl (C=O) groups is 2. The SMILES string of the molecule is O=C(CCC(=O)N1CCN(c2ccc([N+](=O)[O-])cn2)CC1)c1ccc2c(c1)OCCO2. The Kier molecular flexibility index (Phi) is 5.96. The van der Waals surface area contributed by atoms with Crippen LogP contribution >= 0.6 is 0 Å². The number of aromatic nitrogens is 1. The zero-order valence-corrected chi connectivity index (χ0v) is 16.9. The van der Waals surface area contributed by atoms with Crippen molar-refractivity contribution in [2.24, 2.45) is 0 Å². The topological polar surface area (TPSA) is 115 Å². The molecular formula is C21H22N4O6. The third-order valence-corrected chi connectivity index (χ3v) is 5.33. The van der Waals surface area contributed by atoms with Gasteiger partial charge in [-0.3, -0.25) is 19.7 Å². The molecule has 31 heavy (non-hydrogen) atoms. The third kappa shape index (κ3) is 4.73. The van der Waals surface area contributed by atoms with Crippen molar-refractivity contribution in [1.82, 2.24) is 9.88 Å². The summed E-state index contributed by atoms with van der Waals surface area (Å²) in [5.74, 6) is 1.64. The lowest BCUT2D eigenvalue weighted by Crippen LogP contribution is -2.49. The summed E-state index contributed by atoms with van der Waals surface area (Å²) in [5, 5.41) is 10.7. The molecule has 0 spiro atoms. The van der Waals surface area contributed by atoms with Gasteiger partial charge in [0, 0.05) is 50.7 Å². The zero-order valence-electron chi connectivity index (χ0n) is 16.9. The van der Waals surface area contributed by atoms with Crippen LogP contribution in [0.2, 0.25) is 0 Å². The number of pyridine rings is 1.